The van der Waals surface area contributed by atoms with Crippen LogP contribution < -0.4 is 0 Å². The summed E-state index contributed by atoms with van der Waals surface area (Å²) in [6.07, 6.45) is 0.605. The molecule has 0 saturated heterocycles. The molecular weight excluding hydrogens is 231 g/mol. The Morgan fingerprint density at radius 1 is 1.31 bits per heavy atom. The Morgan fingerprint density at radius 3 is 2.69 bits per heavy atom. The predicted molar refractivity (Wildman–Crippen MR) is 59.2 cm³/mol. The predicted octanol–water partition coefficient (Wildman–Crippen LogP) is 3.86. The van der Waals surface area contributed by atoms with Gasteiger partial charge in [0.25, 0.3) is 0 Å². The Labute approximate surface area is 96.6 Å². The number of furan rings is 1. The number of hydrogen-bond donors (Lipinski definition) is 0. The zero-order valence-corrected chi connectivity index (χ0v) is 9.22. The quantitative estimate of drug-likeness (QED) is 0.744. The molecule has 0 atom stereocenters. The molecule has 0 radical (unpaired) electrons. The third kappa shape index (κ3) is 1.74. The lowest BCUT2D eigenvalue weighted by molar-refractivity contribution is 0.110. The molecule has 0 saturated carbocycles. The molecule has 0 bridgehead atoms. The summed E-state index contributed by atoms with van der Waals surface area (Å²) < 4.78 is 18.4. The molecule has 0 spiro atoms. The van der Waals surface area contributed by atoms with E-state index in [1.54, 1.807) is 13.0 Å². The number of halogens is 2. The van der Waals surface area contributed by atoms with Crippen LogP contribution in [0.5, 0.6) is 0 Å². The summed E-state index contributed by atoms with van der Waals surface area (Å²) in [6.45, 7) is 1.59. The number of carbonyl (C=O) groups excluding carboxylic acids is 1. The minimum absolute atomic E-state index is 0.216. The van der Waals surface area contributed by atoms with Crippen LogP contribution in [-0.2, 0) is 0 Å². The highest BCUT2D eigenvalue weighted by Gasteiger charge is 2.12. The van der Waals surface area contributed by atoms with Crippen molar-refractivity contribution in [3.63, 3.8) is 0 Å². The van der Waals surface area contributed by atoms with Crippen molar-refractivity contribution in [2.45, 2.75) is 6.92 Å². The van der Waals surface area contributed by atoms with E-state index >= 15 is 0 Å². The lowest BCUT2D eigenvalue weighted by atomic mass is 10.1. The molecule has 82 valence electrons. The molecule has 1 aromatic carbocycles. The fourth-order valence-corrected chi connectivity index (χ4v) is 1.66. The summed E-state index contributed by atoms with van der Waals surface area (Å²) in [4.78, 5) is 10.5. The molecule has 0 amide bonds. The van der Waals surface area contributed by atoms with Gasteiger partial charge in [0.15, 0.2) is 12.0 Å². The van der Waals surface area contributed by atoms with E-state index in [-0.39, 0.29) is 11.6 Å². The van der Waals surface area contributed by atoms with E-state index in [0.29, 0.717) is 28.2 Å². The van der Waals surface area contributed by atoms with Gasteiger partial charge in [0, 0.05) is 11.1 Å². The molecule has 2 rings (SSSR count). The van der Waals surface area contributed by atoms with Crippen molar-refractivity contribution in [2.75, 3.05) is 0 Å². The number of carbonyl (C=O) groups is 1. The van der Waals surface area contributed by atoms with Crippen molar-refractivity contribution in [2.24, 2.45) is 0 Å². The molecule has 16 heavy (non-hydrogen) atoms. The molecule has 4 heteroatoms. The minimum Gasteiger partial charge on any atom is -0.453 e. The van der Waals surface area contributed by atoms with Gasteiger partial charge in [0.1, 0.15) is 11.6 Å². The molecule has 0 aliphatic carbocycles. The fraction of sp³-hybridized carbons (Fsp3) is 0.0833. The van der Waals surface area contributed by atoms with Gasteiger partial charge in [-0.1, -0.05) is 11.6 Å². The molecule has 0 N–H and O–H groups in total. The van der Waals surface area contributed by atoms with Crippen molar-refractivity contribution in [1.82, 2.24) is 0 Å². The normalized spacial score (nSPS) is 10.4. The standard InChI is InChI=1S/C12H8ClFO2/c1-7-10(14)4-3-9(12(7)13)11-5-2-8(6-15)16-11/h2-6H,1H3. The minimum atomic E-state index is -0.365. The largest absolute Gasteiger partial charge is 0.453 e. The van der Waals surface area contributed by atoms with E-state index in [2.05, 4.69) is 0 Å². The van der Waals surface area contributed by atoms with Gasteiger partial charge in [-0.2, -0.15) is 0 Å². The van der Waals surface area contributed by atoms with Gasteiger partial charge in [-0.25, -0.2) is 4.39 Å². The van der Waals surface area contributed by atoms with Crippen LogP contribution in [0.4, 0.5) is 4.39 Å². The summed E-state index contributed by atoms with van der Waals surface area (Å²) >= 11 is 6.00. The van der Waals surface area contributed by atoms with Crippen LogP contribution in [0.15, 0.2) is 28.7 Å². The second-order valence-corrected chi connectivity index (χ2v) is 3.73. The number of aldehydes is 1. The molecular formula is C12H8ClFO2. The zero-order chi connectivity index (χ0) is 11.7. The van der Waals surface area contributed by atoms with Gasteiger partial charge in [-0.15, -0.1) is 0 Å². The van der Waals surface area contributed by atoms with Crippen LogP contribution >= 0.6 is 11.6 Å². The second kappa shape index (κ2) is 4.10. The second-order valence-electron chi connectivity index (χ2n) is 3.35. The van der Waals surface area contributed by atoms with Crippen LogP contribution in [0, 0.1) is 12.7 Å². The molecule has 0 fully saturated rings. The van der Waals surface area contributed by atoms with Crippen LogP contribution in [0.2, 0.25) is 5.02 Å². The van der Waals surface area contributed by atoms with Gasteiger partial charge in [0.05, 0.1) is 5.02 Å². The molecule has 1 aromatic heterocycles. The Morgan fingerprint density at radius 2 is 2.06 bits per heavy atom. The van der Waals surface area contributed by atoms with Gasteiger partial charge in [-0.3, -0.25) is 4.79 Å². The first kappa shape index (κ1) is 10.9. The van der Waals surface area contributed by atoms with E-state index in [1.165, 1.54) is 18.2 Å². The summed E-state index contributed by atoms with van der Waals surface area (Å²) in [5.41, 5.74) is 0.942. The molecule has 1 heterocycles. The van der Waals surface area contributed by atoms with Crippen LogP contribution in [0.3, 0.4) is 0 Å². The van der Waals surface area contributed by atoms with Crippen LogP contribution in [-0.4, -0.2) is 6.29 Å². The molecule has 0 unspecified atom stereocenters. The molecule has 0 aliphatic heterocycles. The highest BCUT2D eigenvalue weighted by molar-refractivity contribution is 6.34. The topological polar surface area (TPSA) is 30.2 Å². The summed E-state index contributed by atoms with van der Waals surface area (Å²) in [6, 6.07) is 6.01. The number of hydrogen-bond acceptors (Lipinski definition) is 2. The highest BCUT2D eigenvalue weighted by atomic mass is 35.5. The Kier molecular flexibility index (Phi) is 2.79. The lowest BCUT2D eigenvalue weighted by Gasteiger charge is -2.04. The maximum atomic E-state index is 13.2. The zero-order valence-electron chi connectivity index (χ0n) is 8.46. The first-order chi connectivity index (χ1) is 7.63. The van der Waals surface area contributed by atoms with Crippen molar-refractivity contribution in [3.05, 3.63) is 46.4 Å². The number of rotatable bonds is 2. The van der Waals surface area contributed by atoms with Crippen LogP contribution in [0.1, 0.15) is 16.1 Å². The summed E-state index contributed by atoms with van der Waals surface area (Å²) in [7, 11) is 0. The SMILES string of the molecule is Cc1c(F)ccc(-c2ccc(C=O)o2)c1Cl. The average Bonchev–Trinajstić information content (AvgIpc) is 2.74. The Hall–Kier alpha value is -1.61. The van der Waals surface area contributed by atoms with Gasteiger partial charge < -0.3 is 4.42 Å². The van der Waals surface area contributed by atoms with Crippen LogP contribution in [0.25, 0.3) is 11.3 Å². The van der Waals surface area contributed by atoms with Gasteiger partial charge >= 0.3 is 0 Å². The van der Waals surface area contributed by atoms with Crippen molar-refractivity contribution < 1.29 is 13.6 Å². The molecule has 0 aliphatic rings. The monoisotopic (exact) mass is 238 g/mol. The third-order valence-electron chi connectivity index (χ3n) is 2.33. The Bertz CT molecular complexity index is 546. The van der Waals surface area contributed by atoms with Crippen molar-refractivity contribution in [3.8, 4) is 11.3 Å². The summed E-state index contributed by atoms with van der Waals surface area (Å²) in [5.74, 6) is 0.305. The third-order valence-corrected chi connectivity index (χ3v) is 2.82. The smallest absolute Gasteiger partial charge is 0.185 e. The molecule has 2 aromatic rings. The maximum absolute atomic E-state index is 13.2. The summed E-state index contributed by atoms with van der Waals surface area (Å²) in [5, 5.41) is 0.298. The highest BCUT2D eigenvalue weighted by Crippen LogP contribution is 2.32. The Balaban J connectivity index is 2.56. The first-order valence-corrected chi connectivity index (χ1v) is 5.01. The molecule has 2 nitrogen and oxygen atoms in total. The van der Waals surface area contributed by atoms with Gasteiger partial charge in [-0.05, 0) is 31.2 Å². The van der Waals surface area contributed by atoms with E-state index in [1.807, 2.05) is 0 Å². The van der Waals surface area contributed by atoms with E-state index in [9.17, 15) is 9.18 Å². The first-order valence-electron chi connectivity index (χ1n) is 4.63. The number of benzene rings is 1. The van der Waals surface area contributed by atoms with E-state index in [4.69, 9.17) is 16.0 Å². The average molecular weight is 239 g/mol. The van der Waals surface area contributed by atoms with Gasteiger partial charge in [0.2, 0.25) is 0 Å². The van der Waals surface area contributed by atoms with E-state index in [0.717, 1.165) is 0 Å². The van der Waals surface area contributed by atoms with E-state index < -0.39 is 0 Å². The lowest BCUT2D eigenvalue weighted by Crippen LogP contribution is -1.86. The van der Waals surface area contributed by atoms with Crippen molar-refractivity contribution >= 4 is 17.9 Å². The van der Waals surface area contributed by atoms with Crippen molar-refractivity contribution in [1.29, 1.82) is 0 Å². The fourth-order valence-electron chi connectivity index (χ4n) is 1.41. The maximum Gasteiger partial charge on any atom is 0.185 e.